The Morgan fingerprint density at radius 1 is 1.39 bits per heavy atom. The molecule has 0 saturated carbocycles. The minimum Gasteiger partial charge on any atom is -0.478 e. The molecule has 1 aromatic carbocycles. The summed E-state index contributed by atoms with van der Waals surface area (Å²) in [6, 6.07) is 1.55. The zero-order valence-electron chi connectivity index (χ0n) is 10.4. The number of hydrogen-bond acceptors (Lipinski definition) is 3. The first-order chi connectivity index (χ1) is 8.26. The quantitative estimate of drug-likeness (QED) is 0.853. The van der Waals surface area contributed by atoms with Gasteiger partial charge in [-0.1, -0.05) is 0 Å². The Balaban J connectivity index is 3.08. The summed E-state index contributed by atoms with van der Waals surface area (Å²) in [7, 11) is 1.48. The van der Waals surface area contributed by atoms with Crippen LogP contribution in [0.4, 0.5) is 14.5 Å². The Bertz CT molecular complexity index is 438. The van der Waals surface area contributed by atoms with Gasteiger partial charge in [-0.3, -0.25) is 0 Å². The summed E-state index contributed by atoms with van der Waals surface area (Å²) in [5.41, 5.74) is -1.47. The highest BCUT2D eigenvalue weighted by Gasteiger charge is 2.22. The van der Waals surface area contributed by atoms with E-state index in [-0.39, 0.29) is 12.3 Å². The van der Waals surface area contributed by atoms with Crippen LogP contribution in [0.5, 0.6) is 0 Å². The number of hydrogen-bond donors (Lipinski definition) is 2. The van der Waals surface area contributed by atoms with Gasteiger partial charge in [0.2, 0.25) is 0 Å². The molecule has 0 amide bonds. The van der Waals surface area contributed by atoms with Crippen LogP contribution in [0, 0.1) is 11.6 Å². The van der Waals surface area contributed by atoms with Gasteiger partial charge in [0.1, 0.15) is 17.3 Å². The molecule has 1 aromatic rings. The molecule has 0 aliphatic carbocycles. The topological polar surface area (TPSA) is 58.6 Å². The SMILES string of the molecule is COCC(C)(C)Nc1c(F)cc(C(=O)O)cc1F. The van der Waals surface area contributed by atoms with E-state index in [0.29, 0.717) is 0 Å². The van der Waals surface area contributed by atoms with E-state index in [0.717, 1.165) is 12.1 Å². The fourth-order valence-electron chi connectivity index (χ4n) is 1.55. The molecule has 0 aliphatic heterocycles. The minimum atomic E-state index is -1.38. The van der Waals surface area contributed by atoms with Gasteiger partial charge in [-0.2, -0.15) is 0 Å². The first-order valence-electron chi connectivity index (χ1n) is 5.26. The van der Waals surface area contributed by atoms with Crippen LogP contribution in [0.2, 0.25) is 0 Å². The largest absolute Gasteiger partial charge is 0.478 e. The molecule has 0 atom stereocenters. The van der Waals surface area contributed by atoms with Crippen LogP contribution in [0.25, 0.3) is 0 Å². The molecule has 18 heavy (non-hydrogen) atoms. The van der Waals surface area contributed by atoms with Crippen LogP contribution in [0.15, 0.2) is 12.1 Å². The standard InChI is InChI=1S/C12H15F2NO3/c1-12(2,6-18-3)15-10-8(13)4-7(11(16)17)5-9(10)14/h4-5,15H,6H2,1-3H3,(H,16,17). The molecule has 0 fully saturated rings. The molecule has 4 nitrogen and oxygen atoms in total. The minimum absolute atomic E-state index is 0.243. The van der Waals surface area contributed by atoms with Crippen molar-refractivity contribution < 1.29 is 23.4 Å². The second-order valence-corrected chi connectivity index (χ2v) is 4.56. The zero-order chi connectivity index (χ0) is 13.9. The Kier molecular flexibility index (Phi) is 4.24. The van der Waals surface area contributed by atoms with Gasteiger partial charge in [0.15, 0.2) is 0 Å². The second kappa shape index (κ2) is 5.30. The van der Waals surface area contributed by atoms with Crippen LogP contribution in [0.3, 0.4) is 0 Å². The maximum Gasteiger partial charge on any atom is 0.335 e. The average Bonchev–Trinajstić information content (AvgIpc) is 2.22. The van der Waals surface area contributed by atoms with Gasteiger partial charge in [0.25, 0.3) is 0 Å². The fraction of sp³-hybridized carbons (Fsp3) is 0.417. The van der Waals surface area contributed by atoms with E-state index < -0.39 is 28.7 Å². The van der Waals surface area contributed by atoms with Crippen LogP contribution in [-0.4, -0.2) is 30.3 Å². The number of carboxylic acid groups (broad SMARTS) is 1. The summed E-state index contributed by atoms with van der Waals surface area (Å²) in [5.74, 6) is -3.27. The predicted molar refractivity (Wildman–Crippen MR) is 62.9 cm³/mol. The lowest BCUT2D eigenvalue weighted by Crippen LogP contribution is -2.36. The Morgan fingerprint density at radius 2 is 1.89 bits per heavy atom. The van der Waals surface area contributed by atoms with Crippen molar-refractivity contribution in [2.24, 2.45) is 0 Å². The lowest BCUT2D eigenvalue weighted by atomic mass is 10.1. The van der Waals surface area contributed by atoms with Gasteiger partial charge in [0.05, 0.1) is 17.7 Å². The number of carbonyl (C=O) groups is 1. The van der Waals surface area contributed by atoms with Crippen molar-refractivity contribution in [1.82, 2.24) is 0 Å². The third-order valence-corrected chi connectivity index (χ3v) is 2.26. The van der Waals surface area contributed by atoms with Gasteiger partial charge in [-0.05, 0) is 26.0 Å². The zero-order valence-corrected chi connectivity index (χ0v) is 10.4. The second-order valence-electron chi connectivity index (χ2n) is 4.56. The highest BCUT2D eigenvalue weighted by Crippen LogP contribution is 2.24. The van der Waals surface area contributed by atoms with Gasteiger partial charge < -0.3 is 15.2 Å². The average molecular weight is 259 g/mol. The molecular weight excluding hydrogens is 244 g/mol. The van der Waals surface area contributed by atoms with Crippen LogP contribution < -0.4 is 5.32 Å². The lowest BCUT2D eigenvalue weighted by molar-refractivity contribution is 0.0696. The number of rotatable bonds is 5. The van der Waals surface area contributed by atoms with E-state index in [1.807, 2.05) is 0 Å². The molecular formula is C12H15F2NO3. The van der Waals surface area contributed by atoms with E-state index in [9.17, 15) is 13.6 Å². The van der Waals surface area contributed by atoms with Crippen molar-refractivity contribution in [3.63, 3.8) is 0 Å². The normalized spacial score (nSPS) is 11.4. The van der Waals surface area contributed by atoms with Crippen molar-refractivity contribution in [1.29, 1.82) is 0 Å². The number of aromatic carboxylic acids is 1. The predicted octanol–water partition coefficient (Wildman–Crippen LogP) is 2.50. The molecule has 0 radical (unpaired) electrons. The van der Waals surface area contributed by atoms with Crippen LogP contribution >= 0.6 is 0 Å². The summed E-state index contributed by atoms with van der Waals surface area (Å²) < 4.78 is 32.2. The summed E-state index contributed by atoms with van der Waals surface area (Å²) in [6.07, 6.45) is 0. The molecule has 100 valence electrons. The number of benzene rings is 1. The van der Waals surface area contributed by atoms with E-state index in [1.165, 1.54) is 7.11 Å². The van der Waals surface area contributed by atoms with Crippen LogP contribution in [0.1, 0.15) is 24.2 Å². The number of nitrogens with one attached hydrogen (secondary N) is 1. The highest BCUT2D eigenvalue weighted by atomic mass is 19.1. The first-order valence-corrected chi connectivity index (χ1v) is 5.26. The number of ether oxygens (including phenoxy) is 1. The lowest BCUT2D eigenvalue weighted by Gasteiger charge is -2.27. The van der Waals surface area contributed by atoms with Crippen LogP contribution in [-0.2, 0) is 4.74 Å². The monoisotopic (exact) mass is 259 g/mol. The van der Waals surface area contributed by atoms with E-state index in [1.54, 1.807) is 13.8 Å². The molecule has 0 aromatic heterocycles. The van der Waals surface area contributed by atoms with E-state index in [2.05, 4.69) is 5.32 Å². The van der Waals surface area contributed by atoms with E-state index >= 15 is 0 Å². The van der Waals surface area contributed by atoms with Gasteiger partial charge in [-0.25, -0.2) is 13.6 Å². The van der Waals surface area contributed by atoms with Gasteiger partial charge >= 0.3 is 5.97 Å². The molecule has 0 bridgehead atoms. The van der Waals surface area contributed by atoms with Gasteiger partial charge in [-0.15, -0.1) is 0 Å². The summed E-state index contributed by atoms with van der Waals surface area (Å²) in [6.45, 7) is 3.66. The smallest absolute Gasteiger partial charge is 0.335 e. The maximum absolute atomic E-state index is 13.6. The van der Waals surface area contributed by atoms with Crippen molar-refractivity contribution in [2.75, 3.05) is 19.0 Å². The molecule has 0 aliphatic rings. The third-order valence-electron chi connectivity index (χ3n) is 2.26. The maximum atomic E-state index is 13.6. The Labute approximate surface area is 104 Å². The molecule has 0 saturated heterocycles. The fourth-order valence-corrected chi connectivity index (χ4v) is 1.55. The van der Waals surface area contributed by atoms with E-state index in [4.69, 9.17) is 9.84 Å². The van der Waals surface area contributed by atoms with Crippen molar-refractivity contribution >= 4 is 11.7 Å². The number of anilines is 1. The summed E-state index contributed by atoms with van der Waals surface area (Å²) in [4.78, 5) is 10.6. The molecule has 2 N–H and O–H groups in total. The molecule has 0 unspecified atom stereocenters. The Hall–Kier alpha value is -1.69. The Morgan fingerprint density at radius 3 is 2.28 bits per heavy atom. The van der Waals surface area contributed by atoms with Crippen molar-refractivity contribution in [2.45, 2.75) is 19.4 Å². The van der Waals surface area contributed by atoms with Crippen molar-refractivity contribution in [3.05, 3.63) is 29.3 Å². The third kappa shape index (κ3) is 3.40. The first kappa shape index (κ1) is 14.4. The number of halogens is 2. The summed E-state index contributed by atoms with van der Waals surface area (Å²) >= 11 is 0. The van der Waals surface area contributed by atoms with Crippen molar-refractivity contribution in [3.8, 4) is 0 Å². The molecule has 0 spiro atoms. The molecule has 6 heteroatoms. The highest BCUT2D eigenvalue weighted by molar-refractivity contribution is 5.88. The molecule has 0 heterocycles. The molecule has 1 rings (SSSR count). The number of carboxylic acids is 1. The van der Waals surface area contributed by atoms with Gasteiger partial charge in [0, 0.05) is 7.11 Å². The summed E-state index contributed by atoms with van der Waals surface area (Å²) in [5, 5.41) is 11.3. The number of methoxy groups -OCH3 is 1.